The minimum atomic E-state index is 0.804. The van der Waals surface area contributed by atoms with Gasteiger partial charge in [0, 0.05) is 23.6 Å². The summed E-state index contributed by atoms with van der Waals surface area (Å²) in [6.45, 7) is 3.96. The van der Waals surface area contributed by atoms with Crippen molar-refractivity contribution in [3.05, 3.63) is 17.1 Å². The summed E-state index contributed by atoms with van der Waals surface area (Å²) in [6, 6.07) is 0. The lowest BCUT2D eigenvalue weighted by molar-refractivity contribution is 0.390. The molecule has 0 saturated carbocycles. The van der Waals surface area contributed by atoms with E-state index in [9.17, 15) is 0 Å². The summed E-state index contributed by atoms with van der Waals surface area (Å²) < 4.78 is 0. The molecule has 4 nitrogen and oxygen atoms in total. The van der Waals surface area contributed by atoms with Crippen LogP contribution in [0.5, 0.6) is 0 Å². The molecule has 0 unspecified atom stereocenters. The van der Waals surface area contributed by atoms with Crippen molar-refractivity contribution in [1.82, 2.24) is 14.9 Å². The summed E-state index contributed by atoms with van der Waals surface area (Å²) >= 11 is 1.92. The Morgan fingerprint density at radius 3 is 2.82 bits per heavy atom. The monoisotopic (exact) mass is 252 g/mol. The van der Waals surface area contributed by atoms with Crippen LogP contribution >= 0.6 is 11.8 Å². The highest BCUT2D eigenvalue weighted by atomic mass is 32.2. The van der Waals surface area contributed by atoms with Gasteiger partial charge in [-0.05, 0) is 20.5 Å². The van der Waals surface area contributed by atoms with E-state index in [1.54, 1.807) is 0 Å². The highest BCUT2D eigenvalue weighted by Crippen LogP contribution is 2.32. The van der Waals surface area contributed by atoms with E-state index < -0.39 is 0 Å². The van der Waals surface area contributed by atoms with Gasteiger partial charge in [-0.15, -0.1) is 0 Å². The first kappa shape index (κ1) is 12.6. The Hall–Kier alpha value is -0.810. The first-order valence-corrected chi connectivity index (χ1v) is 7.21. The van der Waals surface area contributed by atoms with Gasteiger partial charge in [-0.2, -0.15) is 11.8 Å². The van der Waals surface area contributed by atoms with E-state index in [0.717, 1.165) is 42.7 Å². The maximum atomic E-state index is 4.65. The van der Waals surface area contributed by atoms with Crippen LogP contribution in [0.2, 0.25) is 0 Å². The number of anilines is 1. The molecule has 0 saturated heterocycles. The second-order valence-electron chi connectivity index (χ2n) is 4.57. The Balaban J connectivity index is 2.25. The quantitative estimate of drug-likeness (QED) is 0.869. The molecule has 0 atom stereocenters. The van der Waals surface area contributed by atoms with Crippen LogP contribution < -0.4 is 5.32 Å². The van der Waals surface area contributed by atoms with Gasteiger partial charge >= 0.3 is 0 Å². The van der Waals surface area contributed by atoms with Crippen LogP contribution in [0.3, 0.4) is 0 Å². The predicted octanol–water partition coefficient (Wildman–Crippen LogP) is 2.11. The molecule has 5 heteroatoms. The molecule has 0 radical (unpaired) electrons. The van der Waals surface area contributed by atoms with E-state index in [2.05, 4.69) is 27.1 Å². The third-order valence-corrected chi connectivity index (χ3v) is 3.59. The number of aromatic nitrogens is 2. The minimum absolute atomic E-state index is 0.804. The van der Waals surface area contributed by atoms with Crippen LogP contribution in [-0.2, 0) is 18.1 Å². The molecule has 0 amide bonds. The molecular formula is C12H20N4S. The SMILES string of the molecule is CCCNc1nc(CN(C)C)nc2c1CSC2. The van der Waals surface area contributed by atoms with Crippen LogP contribution in [0.15, 0.2) is 0 Å². The Labute approximate surface area is 107 Å². The van der Waals surface area contributed by atoms with E-state index in [4.69, 9.17) is 0 Å². The van der Waals surface area contributed by atoms with Crippen molar-refractivity contribution in [2.75, 3.05) is 26.0 Å². The van der Waals surface area contributed by atoms with Gasteiger partial charge in [-0.25, -0.2) is 9.97 Å². The summed E-state index contributed by atoms with van der Waals surface area (Å²) in [5.74, 6) is 4.05. The molecule has 94 valence electrons. The molecule has 1 N–H and O–H groups in total. The molecule has 2 heterocycles. The zero-order valence-corrected chi connectivity index (χ0v) is 11.6. The fourth-order valence-corrected chi connectivity index (χ4v) is 2.89. The molecule has 1 aliphatic heterocycles. The van der Waals surface area contributed by atoms with Gasteiger partial charge in [0.05, 0.1) is 12.2 Å². The van der Waals surface area contributed by atoms with Crippen LogP contribution in [0.1, 0.15) is 30.4 Å². The number of thioether (sulfide) groups is 1. The first-order valence-electron chi connectivity index (χ1n) is 6.05. The van der Waals surface area contributed by atoms with Crippen molar-refractivity contribution < 1.29 is 0 Å². The van der Waals surface area contributed by atoms with Gasteiger partial charge in [0.1, 0.15) is 11.6 Å². The Bertz CT molecular complexity index is 392. The average Bonchev–Trinajstić information content (AvgIpc) is 2.72. The van der Waals surface area contributed by atoms with Crippen LogP contribution in [0.25, 0.3) is 0 Å². The molecule has 2 rings (SSSR count). The molecular weight excluding hydrogens is 232 g/mol. The lowest BCUT2D eigenvalue weighted by atomic mass is 10.2. The summed E-state index contributed by atoms with van der Waals surface area (Å²) in [4.78, 5) is 11.4. The fraction of sp³-hybridized carbons (Fsp3) is 0.667. The van der Waals surface area contributed by atoms with E-state index in [1.807, 2.05) is 25.9 Å². The van der Waals surface area contributed by atoms with E-state index in [-0.39, 0.29) is 0 Å². The number of rotatable bonds is 5. The lowest BCUT2D eigenvalue weighted by Crippen LogP contribution is -2.16. The number of fused-ring (bicyclic) bond motifs is 1. The number of nitrogens with one attached hydrogen (secondary N) is 1. The molecule has 0 aromatic carbocycles. The highest BCUT2D eigenvalue weighted by molar-refractivity contribution is 7.98. The standard InChI is InChI=1S/C12H20N4S/c1-4-5-13-12-9-7-17-8-10(9)14-11(15-12)6-16(2)3/h4-8H2,1-3H3,(H,13,14,15). The molecule has 0 bridgehead atoms. The molecule has 17 heavy (non-hydrogen) atoms. The number of nitrogens with zero attached hydrogens (tertiary/aromatic N) is 3. The molecule has 0 spiro atoms. The molecule has 0 fully saturated rings. The van der Waals surface area contributed by atoms with Gasteiger partial charge < -0.3 is 10.2 Å². The zero-order chi connectivity index (χ0) is 12.3. The third-order valence-electron chi connectivity index (χ3n) is 2.62. The van der Waals surface area contributed by atoms with Crippen molar-refractivity contribution in [2.24, 2.45) is 0 Å². The van der Waals surface area contributed by atoms with Crippen molar-refractivity contribution in [3.63, 3.8) is 0 Å². The van der Waals surface area contributed by atoms with Crippen LogP contribution in [-0.4, -0.2) is 35.5 Å². The normalized spacial score (nSPS) is 14.1. The van der Waals surface area contributed by atoms with Crippen molar-refractivity contribution in [2.45, 2.75) is 31.4 Å². The summed E-state index contributed by atoms with van der Waals surface area (Å²) in [5, 5.41) is 3.43. The zero-order valence-electron chi connectivity index (χ0n) is 10.8. The van der Waals surface area contributed by atoms with E-state index >= 15 is 0 Å². The predicted molar refractivity (Wildman–Crippen MR) is 73.2 cm³/mol. The highest BCUT2D eigenvalue weighted by Gasteiger charge is 2.19. The maximum absolute atomic E-state index is 4.65. The smallest absolute Gasteiger partial charge is 0.145 e. The Morgan fingerprint density at radius 2 is 2.12 bits per heavy atom. The van der Waals surface area contributed by atoms with Crippen molar-refractivity contribution in [1.29, 1.82) is 0 Å². The topological polar surface area (TPSA) is 41.1 Å². The molecule has 0 aliphatic carbocycles. The summed E-state index contributed by atoms with van der Waals surface area (Å²) in [5.41, 5.74) is 2.53. The average molecular weight is 252 g/mol. The number of hydrogen-bond acceptors (Lipinski definition) is 5. The summed E-state index contributed by atoms with van der Waals surface area (Å²) in [6.07, 6.45) is 1.12. The lowest BCUT2D eigenvalue weighted by Gasteiger charge is -2.13. The van der Waals surface area contributed by atoms with E-state index in [0.29, 0.717) is 0 Å². The Morgan fingerprint density at radius 1 is 1.29 bits per heavy atom. The molecule has 1 aromatic heterocycles. The third kappa shape index (κ3) is 3.10. The van der Waals surface area contributed by atoms with Gasteiger partial charge in [0.25, 0.3) is 0 Å². The molecule has 1 aromatic rings. The first-order chi connectivity index (χ1) is 8.20. The Kier molecular flexibility index (Phi) is 4.23. The van der Waals surface area contributed by atoms with Crippen molar-refractivity contribution in [3.8, 4) is 0 Å². The fourth-order valence-electron chi connectivity index (χ4n) is 1.85. The molecule has 1 aliphatic rings. The maximum Gasteiger partial charge on any atom is 0.145 e. The minimum Gasteiger partial charge on any atom is -0.370 e. The van der Waals surface area contributed by atoms with Crippen LogP contribution in [0.4, 0.5) is 5.82 Å². The second kappa shape index (κ2) is 5.69. The van der Waals surface area contributed by atoms with Gasteiger partial charge in [0.2, 0.25) is 0 Å². The van der Waals surface area contributed by atoms with E-state index in [1.165, 1.54) is 11.3 Å². The second-order valence-corrected chi connectivity index (χ2v) is 5.56. The summed E-state index contributed by atoms with van der Waals surface area (Å²) in [7, 11) is 4.09. The number of hydrogen-bond donors (Lipinski definition) is 1. The van der Waals surface area contributed by atoms with Gasteiger partial charge in [0.15, 0.2) is 0 Å². The van der Waals surface area contributed by atoms with Gasteiger partial charge in [-0.1, -0.05) is 6.92 Å². The van der Waals surface area contributed by atoms with Crippen molar-refractivity contribution >= 4 is 17.6 Å². The van der Waals surface area contributed by atoms with Crippen LogP contribution in [0, 0.1) is 0 Å². The van der Waals surface area contributed by atoms with Gasteiger partial charge in [-0.3, -0.25) is 0 Å². The largest absolute Gasteiger partial charge is 0.370 e.